The zero-order valence-corrected chi connectivity index (χ0v) is 11.7. The fourth-order valence-electron chi connectivity index (χ4n) is 1.59. The topological polar surface area (TPSA) is 57.6 Å². The lowest BCUT2D eigenvalue weighted by Gasteiger charge is -2.21. The van der Waals surface area contributed by atoms with Gasteiger partial charge < -0.3 is 10.0 Å². The summed E-state index contributed by atoms with van der Waals surface area (Å²) < 4.78 is 0. The minimum absolute atomic E-state index is 0.0353. The van der Waals surface area contributed by atoms with E-state index in [9.17, 15) is 9.59 Å². The summed E-state index contributed by atoms with van der Waals surface area (Å²) >= 11 is 0. The molecule has 0 aromatic heterocycles. The first kappa shape index (κ1) is 15.0. The Morgan fingerprint density at radius 2 is 1.95 bits per heavy atom. The van der Waals surface area contributed by atoms with Crippen LogP contribution in [0.25, 0.3) is 6.08 Å². The standard InChI is InChI=1S/C15H19NO3/c1-10(2)16(4)15(19)13-6-5-12(11(3)9-13)7-8-14(17)18/h5-10H,1-4H3,(H,17,18)/b8-7+. The second-order valence-electron chi connectivity index (χ2n) is 4.75. The summed E-state index contributed by atoms with van der Waals surface area (Å²) in [5, 5.41) is 8.59. The molecular weight excluding hydrogens is 242 g/mol. The molecule has 0 radical (unpaired) electrons. The Bertz CT molecular complexity index is 518. The number of carbonyl (C=O) groups excluding carboxylic acids is 1. The molecule has 4 nitrogen and oxygen atoms in total. The number of hydrogen-bond donors (Lipinski definition) is 1. The van der Waals surface area contributed by atoms with Crippen molar-refractivity contribution >= 4 is 18.0 Å². The van der Waals surface area contributed by atoms with Crippen LogP contribution in [0.15, 0.2) is 24.3 Å². The summed E-state index contributed by atoms with van der Waals surface area (Å²) in [5.41, 5.74) is 2.29. The van der Waals surface area contributed by atoms with Crippen LogP contribution in [0.2, 0.25) is 0 Å². The molecule has 4 heteroatoms. The van der Waals surface area contributed by atoms with Crippen molar-refractivity contribution in [1.82, 2.24) is 4.90 Å². The van der Waals surface area contributed by atoms with E-state index in [2.05, 4.69) is 0 Å². The summed E-state index contributed by atoms with van der Waals surface area (Å²) in [6, 6.07) is 5.40. The van der Waals surface area contributed by atoms with Crippen LogP contribution < -0.4 is 0 Å². The first-order valence-corrected chi connectivity index (χ1v) is 6.11. The monoisotopic (exact) mass is 261 g/mol. The van der Waals surface area contributed by atoms with Crippen molar-refractivity contribution in [2.75, 3.05) is 7.05 Å². The largest absolute Gasteiger partial charge is 0.478 e. The Morgan fingerprint density at radius 1 is 1.32 bits per heavy atom. The number of aryl methyl sites for hydroxylation is 1. The van der Waals surface area contributed by atoms with E-state index in [0.29, 0.717) is 5.56 Å². The quantitative estimate of drug-likeness (QED) is 0.847. The number of hydrogen-bond acceptors (Lipinski definition) is 2. The van der Waals surface area contributed by atoms with E-state index in [4.69, 9.17) is 5.11 Å². The second-order valence-corrected chi connectivity index (χ2v) is 4.75. The van der Waals surface area contributed by atoms with Crippen molar-refractivity contribution < 1.29 is 14.7 Å². The Morgan fingerprint density at radius 3 is 2.42 bits per heavy atom. The molecule has 1 rings (SSSR count). The minimum Gasteiger partial charge on any atom is -0.478 e. The van der Waals surface area contributed by atoms with E-state index in [1.54, 1.807) is 30.1 Å². The highest BCUT2D eigenvalue weighted by atomic mass is 16.4. The van der Waals surface area contributed by atoms with Crippen molar-refractivity contribution in [2.45, 2.75) is 26.8 Å². The lowest BCUT2D eigenvalue weighted by atomic mass is 10.0. The third kappa shape index (κ3) is 3.95. The van der Waals surface area contributed by atoms with Crippen molar-refractivity contribution in [3.63, 3.8) is 0 Å². The molecule has 1 N–H and O–H groups in total. The van der Waals surface area contributed by atoms with Crippen LogP contribution in [0.1, 0.15) is 35.3 Å². The molecule has 1 aromatic rings. The van der Waals surface area contributed by atoms with Crippen LogP contribution in [0.5, 0.6) is 0 Å². The summed E-state index contributed by atoms with van der Waals surface area (Å²) in [7, 11) is 1.76. The molecule has 0 aliphatic heterocycles. The molecular formula is C15H19NO3. The SMILES string of the molecule is Cc1cc(C(=O)N(C)C(C)C)ccc1/C=C/C(=O)O. The molecule has 0 saturated carbocycles. The number of rotatable bonds is 4. The predicted octanol–water partition coefficient (Wildman–Crippen LogP) is 2.57. The summed E-state index contributed by atoms with van der Waals surface area (Å²) in [5.74, 6) is -1.02. The number of carboxylic acid groups (broad SMARTS) is 1. The van der Waals surface area contributed by atoms with Gasteiger partial charge in [-0.05, 0) is 50.1 Å². The molecule has 1 amide bonds. The maximum Gasteiger partial charge on any atom is 0.328 e. The molecule has 0 aliphatic rings. The number of amides is 1. The lowest BCUT2D eigenvalue weighted by Crippen LogP contribution is -2.32. The summed E-state index contributed by atoms with van der Waals surface area (Å²) in [6.45, 7) is 5.76. The van der Waals surface area contributed by atoms with Gasteiger partial charge >= 0.3 is 5.97 Å². The molecule has 0 unspecified atom stereocenters. The fraction of sp³-hybridized carbons (Fsp3) is 0.333. The van der Waals surface area contributed by atoms with Crippen LogP contribution in [-0.2, 0) is 4.79 Å². The Balaban J connectivity index is 3.00. The van der Waals surface area contributed by atoms with Gasteiger partial charge in [-0.25, -0.2) is 4.79 Å². The van der Waals surface area contributed by atoms with Gasteiger partial charge in [-0.2, -0.15) is 0 Å². The normalized spacial score (nSPS) is 11.0. The minimum atomic E-state index is -0.987. The predicted molar refractivity (Wildman–Crippen MR) is 75.1 cm³/mol. The van der Waals surface area contributed by atoms with Crippen LogP contribution >= 0.6 is 0 Å². The van der Waals surface area contributed by atoms with Crippen molar-refractivity contribution in [3.05, 3.63) is 41.0 Å². The summed E-state index contributed by atoms with van der Waals surface area (Å²) in [6.07, 6.45) is 2.61. The number of nitrogens with zero attached hydrogens (tertiary/aromatic N) is 1. The molecule has 0 fully saturated rings. The van der Waals surface area contributed by atoms with Crippen LogP contribution in [-0.4, -0.2) is 35.0 Å². The number of carboxylic acids is 1. The van der Waals surface area contributed by atoms with Crippen LogP contribution in [0, 0.1) is 6.92 Å². The van der Waals surface area contributed by atoms with Gasteiger partial charge in [-0.1, -0.05) is 6.07 Å². The molecule has 19 heavy (non-hydrogen) atoms. The van der Waals surface area contributed by atoms with E-state index >= 15 is 0 Å². The van der Waals surface area contributed by atoms with Gasteiger partial charge in [0, 0.05) is 24.7 Å². The fourth-order valence-corrected chi connectivity index (χ4v) is 1.59. The molecule has 102 valence electrons. The number of carbonyl (C=O) groups is 2. The van der Waals surface area contributed by atoms with E-state index < -0.39 is 5.97 Å². The van der Waals surface area contributed by atoms with Gasteiger partial charge in [0.25, 0.3) is 5.91 Å². The van der Waals surface area contributed by atoms with Gasteiger partial charge in [0.1, 0.15) is 0 Å². The zero-order chi connectivity index (χ0) is 14.6. The Labute approximate surface area is 113 Å². The average Bonchev–Trinajstić information content (AvgIpc) is 2.35. The molecule has 0 spiro atoms. The average molecular weight is 261 g/mol. The molecule has 0 bridgehead atoms. The molecule has 0 heterocycles. The van der Waals surface area contributed by atoms with Gasteiger partial charge in [0.2, 0.25) is 0 Å². The van der Waals surface area contributed by atoms with Crippen LogP contribution in [0.3, 0.4) is 0 Å². The highest BCUT2D eigenvalue weighted by Crippen LogP contribution is 2.15. The molecule has 1 aromatic carbocycles. The Hall–Kier alpha value is -2.10. The maximum absolute atomic E-state index is 12.1. The van der Waals surface area contributed by atoms with Crippen molar-refractivity contribution in [2.24, 2.45) is 0 Å². The van der Waals surface area contributed by atoms with E-state index in [0.717, 1.165) is 17.2 Å². The summed E-state index contributed by atoms with van der Waals surface area (Å²) in [4.78, 5) is 24.3. The van der Waals surface area contributed by atoms with Gasteiger partial charge in [-0.3, -0.25) is 4.79 Å². The van der Waals surface area contributed by atoms with Gasteiger partial charge in [0.15, 0.2) is 0 Å². The highest BCUT2D eigenvalue weighted by Gasteiger charge is 2.14. The second kappa shape index (κ2) is 6.18. The van der Waals surface area contributed by atoms with E-state index in [1.165, 1.54) is 6.08 Å². The molecule has 0 aliphatic carbocycles. The Kier molecular flexibility index (Phi) is 4.87. The van der Waals surface area contributed by atoms with Gasteiger partial charge in [-0.15, -0.1) is 0 Å². The van der Waals surface area contributed by atoms with E-state index in [1.807, 2.05) is 20.8 Å². The maximum atomic E-state index is 12.1. The smallest absolute Gasteiger partial charge is 0.328 e. The van der Waals surface area contributed by atoms with Crippen molar-refractivity contribution in [3.8, 4) is 0 Å². The first-order chi connectivity index (χ1) is 8.82. The third-order valence-electron chi connectivity index (χ3n) is 3.02. The number of benzene rings is 1. The molecule has 0 saturated heterocycles. The zero-order valence-electron chi connectivity index (χ0n) is 11.7. The van der Waals surface area contributed by atoms with Crippen molar-refractivity contribution in [1.29, 1.82) is 0 Å². The highest BCUT2D eigenvalue weighted by molar-refractivity contribution is 5.95. The number of aliphatic carboxylic acids is 1. The molecule has 0 atom stereocenters. The first-order valence-electron chi connectivity index (χ1n) is 6.11. The van der Waals surface area contributed by atoms with Gasteiger partial charge in [0.05, 0.1) is 0 Å². The van der Waals surface area contributed by atoms with Crippen LogP contribution in [0.4, 0.5) is 0 Å². The lowest BCUT2D eigenvalue weighted by molar-refractivity contribution is -0.131. The third-order valence-corrected chi connectivity index (χ3v) is 3.02. The van der Waals surface area contributed by atoms with E-state index in [-0.39, 0.29) is 11.9 Å².